The SMILES string of the molecule is COc1ccc(C2C(C(=O)O)=C(C)N(C)C(C)=C2C(=O)O)cc1. The van der Waals surface area contributed by atoms with E-state index in [0.29, 0.717) is 22.7 Å². The summed E-state index contributed by atoms with van der Waals surface area (Å²) in [5.74, 6) is -2.45. The number of carboxylic acid groups (broad SMARTS) is 2. The molecule has 0 saturated carbocycles. The minimum Gasteiger partial charge on any atom is -0.497 e. The normalized spacial score (nSPS) is 15.9. The smallest absolute Gasteiger partial charge is 0.334 e. The fourth-order valence-electron chi connectivity index (χ4n) is 2.86. The van der Waals surface area contributed by atoms with Crippen LogP contribution in [-0.2, 0) is 9.59 Å². The molecule has 0 aromatic heterocycles. The van der Waals surface area contributed by atoms with Gasteiger partial charge in [0.05, 0.1) is 24.2 Å². The number of rotatable bonds is 4. The first-order valence-electron chi connectivity index (χ1n) is 7.05. The van der Waals surface area contributed by atoms with Crippen LogP contribution in [-0.4, -0.2) is 41.2 Å². The first kappa shape index (κ1) is 16.6. The summed E-state index contributed by atoms with van der Waals surface area (Å²) in [6.07, 6.45) is 0. The zero-order valence-corrected chi connectivity index (χ0v) is 13.5. The van der Waals surface area contributed by atoms with Crippen molar-refractivity contribution in [1.82, 2.24) is 4.90 Å². The molecular weight excluding hydrogens is 298 g/mol. The van der Waals surface area contributed by atoms with Crippen LogP contribution in [0.15, 0.2) is 46.8 Å². The lowest BCUT2D eigenvalue weighted by atomic mass is 9.80. The maximum Gasteiger partial charge on any atom is 0.334 e. The Labute approximate surface area is 134 Å². The lowest BCUT2D eigenvalue weighted by Crippen LogP contribution is -2.32. The molecule has 0 radical (unpaired) electrons. The summed E-state index contributed by atoms with van der Waals surface area (Å²) >= 11 is 0. The van der Waals surface area contributed by atoms with Gasteiger partial charge in [0.25, 0.3) is 0 Å². The van der Waals surface area contributed by atoms with Crippen LogP contribution in [0, 0.1) is 0 Å². The van der Waals surface area contributed by atoms with Gasteiger partial charge in [0.2, 0.25) is 0 Å². The molecule has 0 bridgehead atoms. The molecule has 1 aromatic carbocycles. The van der Waals surface area contributed by atoms with Crippen molar-refractivity contribution in [2.75, 3.05) is 14.2 Å². The van der Waals surface area contributed by atoms with Crippen LogP contribution in [0.5, 0.6) is 5.75 Å². The first-order valence-corrected chi connectivity index (χ1v) is 7.05. The Morgan fingerprint density at radius 3 is 1.78 bits per heavy atom. The highest BCUT2D eigenvalue weighted by molar-refractivity contribution is 5.98. The molecule has 0 unspecified atom stereocenters. The molecule has 6 nitrogen and oxygen atoms in total. The van der Waals surface area contributed by atoms with E-state index in [-0.39, 0.29) is 11.1 Å². The molecule has 1 aliphatic rings. The highest BCUT2D eigenvalue weighted by atomic mass is 16.5. The van der Waals surface area contributed by atoms with E-state index < -0.39 is 17.9 Å². The molecule has 1 aliphatic heterocycles. The second kappa shape index (κ2) is 6.16. The van der Waals surface area contributed by atoms with Gasteiger partial charge < -0.3 is 19.8 Å². The van der Waals surface area contributed by atoms with Crippen LogP contribution < -0.4 is 4.74 Å². The Morgan fingerprint density at radius 2 is 1.43 bits per heavy atom. The highest BCUT2D eigenvalue weighted by Crippen LogP contribution is 2.41. The van der Waals surface area contributed by atoms with Crippen molar-refractivity contribution >= 4 is 11.9 Å². The maximum atomic E-state index is 11.8. The molecule has 0 saturated heterocycles. The van der Waals surface area contributed by atoms with Gasteiger partial charge in [-0.05, 0) is 31.5 Å². The quantitative estimate of drug-likeness (QED) is 0.887. The van der Waals surface area contributed by atoms with Gasteiger partial charge in [-0.1, -0.05) is 12.1 Å². The largest absolute Gasteiger partial charge is 0.497 e. The van der Waals surface area contributed by atoms with E-state index in [1.165, 1.54) is 7.11 Å². The molecule has 2 N–H and O–H groups in total. The van der Waals surface area contributed by atoms with Crippen molar-refractivity contribution in [3.05, 3.63) is 52.4 Å². The fraction of sp³-hybridized carbons (Fsp3) is 0.294. The number of aliphatic carboxylic acids is 2. The zero-order chi connectivity index (χ0) is 17.3. The van der Waals surface area contributed by atoms with Crippen LogP contribution in [0.4, 0.5) is 0 Å². The van der Waals surface area contributed by atoms with E-state index in [0.717, 1.165) is 0 Å². The average Bonchev–Trinajstić information content (AvgIpc) is 2.51. The molecule has 0 amide bonds. The molecule has 23 heavy (non-hydrogen) atoms. The predicted molar refractivity (Wildman–Crippen MR) is 84.2 cm³/mol. The Kier molecular flexibility index (Phi) is 4.45. The van der Waals surface area contributed by atoms with E-state index in [1.807, 2.05) is 0 Å². The van der Waals surface area contributed by atoms with Crippen molar-refractivity contribution < 1.29 is 24.5 Å². The number of hydrogen-bond donors (Lipinski definition) is 2. The van der Waals surface area contributed by atoms with Gasteiger partial charge in [0, 0.05) is 18.4 Å². The molecule has 0 fully saturated rings. The van der Waals surface area contributed by atoms with Crippen LogP contribution >= 0.6 is 0 Å². The number of hydrogen-bond acceptors (Lipinski definition) is 4. The zero-order valence-electron chi connectivity index (χ0n) is 13.5. The number of ether oxygens (including phenoxy) is 1. The molecular formula is C17H19NO5. The number of carbonyl (C=O) groups is 2. The highest BCUT2D eigenvalue weighted by Gasteiger charge is 2.38. The van der Waals surface area contributed by atoms with Crippen molar-refractivity contribution in [2.45, 2.75) is 19.8 Å². The Bertz CT molecular complexity index is 677. The number of benzene rings is 1. The molecule has 1 aromatic rings. The minimum atomic E-state index is -1.12. The summed E-state index contributed by atoms with van der Waals surface area (Å²) in [7, 11) is 3.20. The van der Waals surface area contributed by atoms with E-state index in [1.54, 1.807) is 50.1 Å². The van der Waals surface area contributed by atoms with Gasteiger partial charge in [-0.15, -0.1) is 0 Å². The summed E-state index contributed by atoms with van der Waals surface area (Å²) in [6.45, 7) is 3.37. The molecule has 1 heterocycles. The van der Waals surface area contributed by atoms with Gasteiger partial charge in [-0.3, -0.25) is 0 Å². The third-order valence-electron chi connectivity index (χ3n) is 4.27. The van der Waals surface area contributed by atoms with Crippen LogP contribution in [0.1, 0.15) is 25.3 Å². The second-order valence-electron chi connectivity index (χ2n) is 5.37. The average molecular weight is 317 g/mol. The summed E-state index contributed by atoms with van der Waals surface area (Å²) in [4.78, 5) is 25.1. The molecule has 0 atom stereocenters. The predicted octanol–water partition coefficient (Wildman–Crippen LogP) is 2.44. The number of allylic oxidation sites excluding steroid dienone is 2. The topological polar surface area (TPSA) is 87.1 Å². The number of nitrogens with zero attached hydrogens (tertiary/aromatic N) is 1. The molecule has 6 heteroatoms. The minimum absolute atomic E-state index is 0.0701. The van der Waals surface area contributed by atoms with Crippen molar-refractivity contribution in [3.8, 4) is 5.75 Å². The Hall–Kier alpha value is -2.76. The standard InChI is InChI=1S/C17H19NO5/c1-9-13(16(19)20)15(11-5-7-12(23-4)8-6-11)14(17(21)22)10(2)18(9)3/h5-8,15H,1-4H3,(H,19,20)(H,21,22). The summed E-state index contributed by atoms with van der Waals surface area (Å²) in [5, 5.41) is 19.2. The van der Waals surface area contributed by atoms with E-state index >= 15 is 0 Å². The molecule has 122 valence electrons. The van der Waals surface area contributed by atoms with Crippen LogP contribution in [0.3, 0.4) is 0 Å². The Balaban J connectivity index is 2.69. The number of carboxylic acids is 2. The van der Waals surface area contributed by atoms with Crippen LogP contribution in [0.2, 0.25) is 0 Å². The fourth-order valence-corrected chi connectivity index (χ4v) is 2.86. The first-order chi connectivity index (χ1) is 10.8. The second-order valence-corrected chi connectivity index (χ2v) is 5.37. The van der Waals surface area contributed by atoms with Gasteiger partial charge in [-0.25, -0.2) is 9.59 Å². The monoisotopic (exact) mass is 317 g/mol. The third-order valence-corrected chi connectivity index (χ3v) is 4.27. The third kappa shape index (κ3) is 2.79. The van der Waals surface area contributed by atoms with Gasteiger partial charge in [-0.2, -0.15) is 0 Å². The number of methoxy groups -OCH3 is 1. The van der Waals surface area contributed by atoms with E-state index in [4.69, 9.17) is 4.74 Å². The molecule has 2 rings (SSSR count). The van der Waals surface area contributed by atoms with Crippen molar-refractivity contribution in [2.24, 2.45) is 0 Å². The van der Waals surface area contributed by atoms with E-state index in [2.05, 4.69) is 0 Å². The summed E-state index contributed by atoms with van der Waals surface area (Å²) < 4.78 is 5.10. The van der Waals surface area contributed by atoms with Crippen molar-refractivity contribution in [3.63, 3.8) is 0 Å². The molecule has 0 spiro atoms. The van der Waals surface area contributed by atoms with Gasteiger partial charge >= 0.3 is 11.9 Å². The summed E-state index contributed by atoms with van der Waals surface area (Å²) in [5.41, 5.74) is 1.80. The Morgan fingerprint density at radius 1 is 1.00 bits per heavy atom. The van der Waals surface area contributed by atoms with Gasteiger partial charge in [0.15, 0.2) is 0 Å². The summed E-state index contributed by atoms with van der Waals surface area (Å²) in [6, 6.07) is 6.77. The van der Waals surface area contributed by atoms with Gasteiger partial charge in [0.1, 0.15) is 5.75 Å². The molecule has 0 aliphatic carbocycles. The van der Waals surface area contributed by atoms with Crippen LogP contribution in [0.25, 0.3) is 0 Å². The maximum absolute atomic E-state index is 11.8. The van der Waals surface area contributed by atoms with Crippen molar-refractivity contribution in [1.29, 1.82) is 0 Å². The lowest BCUT2D eigenvalue weighted by molar-refractivity contribution is -0.133. The van der Waals surface area contributed by atoms with E-state index in [9.17, 15) is 19.8 Å². The lowest BCUT2D eigenvalue weighted by Gasteiger charge is -2.34.